The van der Waals surface area contributed by atoms with E-state index in [4.69, 9.17) is 9.47 Å². The van der Waals surface area contributed by atoms with Crippen LogP contribution in [0.3, 0.4) is 0 Å². The van der Waals surface area contributed by atoms with Crippen LogP contribution in [0.4, 0.5) is 0 Å². The summed E-state index contributed by atoms with van der Waals surface area (Å²) < 4.78 is 12.8. The Hall–Kier alpha value is -2.34. The molecule has 1 aromatic carbocycles. The highest BCUT2D eigenvalue weighted by atomic mass is 16.5. The van der Waals surface area contributed by atoms with Crippen LogP contribution in [0.5, 0.6) is 5.75 Å². The Balaban J connectivity index is 1.67. The minimum absolute atomic E-state index is 0.000365. The van der Waals surface area contributed by atoms with E-state index in [9.17, 15) is 4.79 Å². The van der Waals surface area contributed by atoms with Crippen molar-refractivity contribution < 1.29 is 14.3 Å². The fourth-order valence-electron chi connectivity index (χ4n) is 2.98. The van der Waals surface area contributed by atoms with E-state index < -0.39 is 0 Å². The number of benzene rings is 1. The molecule has 2 atom stereocenters. The van der Waals surface area contributed by atoms with Gasteiger partial charge in [-0.05, 0) is 18.6 Å². The van der Waals surface area contributed by atoms with Crippen LogP contribution in [-0.4, -0.2) is 29.4 Å². The molecule has 6 nitrogen and oxygen atoms in total. The third kappa shape index (κ3) is 3.22. The molecule has 2 aromatic rings. The number of carbonyl (C=O) groups is 1. The van der Waals surface area contributed by atoms with E-state index in [1.807, 2.05) is 37.4 Å². The lowest BCUT2D eigenvalue weighted by molar-refractivity contribution is -0.127. The van der Waals surface area contributed by atoms with Crippen molar-refractivity contribution in [3.63, 3.8) is 0 Å². The molecule has 0 unspecified atom stereocenters. The van der Waals surface area contributed by atoms with Gasteiger partial charge in [0.25, 0.3) is 0 Å². The molecule has 2 heterocycles. The highest BCUT2D eigenvalue weighted by molar-refractivity contribution is 5.79. The number of amides is 1. The van der Waals surface area contributed by atoms with Gasteiger partial charge in [0, 0.05) is 32.0 Å². The number of ether oxygens (including phenoxy) is 2. The van der Waals surface area contributed by atoms with Crippen LogP contribution < -0.4 is 10.1 Å². The second kappa shape index (κ2) is 6.83. The van der Waals surface area contributed by atoms with Crippen molar-refractivity contribution in [3.8, 4) is 5.75 Å². The number of aryl methyl sites for hydroxylation is 1. The van der Waals surface area contributed by atoms with Crippen molar-refractivity contribution in [3.05, 3.63) is 47.8 Å². The summed E-state index contributed by atoms with van der Waals surface area (Å²) in [6, 6.07) is 9.58. The van der Waals surface area contributed by atoms with Gasteiger partial charge in [-0.1, -0.05) is 18.2 Å². The summed E-state index contributed by atoms with van der Waals surface area (Å²) >= 11 is 0. The summed E-state index contributed by atoms with van der Waals surface area (Å²) in [5.74, 6) is 0.582. The van der Waals surface area contributed by atoms with Crippen LogP contribution in [0.1, 0.15) is 23.8 Å². The molecule has 0 radical (unpaired) electrons. The first-order valence-corrected chi connectivity index (χ1v) is 7.70. The summed E-state index contributed by atoms with van der Waals surface area (Å²) in [5, 5.41) is 7.16. The van der Waals surface area contributed by atoms with Crippen molar-refractivity contribution in [2.75, 3.05) is 13.7 Å². The molecule has 0 bridgehead atoms. The third-order valence-electron chi connectivity index (χ3n) is 4.22. The number of nitrogens with zero attached hydrogens (tertiary/aromatic N) is 2. The van der Waals surface area contributed by atoms with E-state index in [0.717, 1.165) is 17.0 Å². The van der Waals surface area contributed by atoms with Crippen LogP contribution >= 0.6 is 0 Å². The molecule has 1 saturated heterocycles. The highest BCUT2D eigenvalue weighted by Crippen LogP contribution is 2.34. The molecule has 1 amide bonds. The van der Waals surface area contributed by atoms with Gasteiger partial charge in [-0.25, -0.2) is 0 Å². The average molecular weight is 315 g/mol. The molecule has 3 rings (SSSR count). The lowest BCUT2D eigenvalue weighted by Crippen LogP contribution is -2.32. The van der Waals surface area contributed by atoms with Crippen LogP contribution in [0.15, 0.2) is 36.5 Å². The smallest absolute Gasteiger partial charge is 0.226 e. The molecule has 1 aliphatic heterocycles. The standard InChI is InChI=1S/C17H21N3O3/c1-20-14(7-9-19-20)16-13(8-10-23-16)17(21)18-11-12-5-3-4-6-15(12)22-2/h3-7,9,13,16H,8,10-11H2,1-2H3,(H,18,21)/t13-,16-/m1/s1. The Labute approximate surface area is 135 Å². The zero-order chi connectivity index (χ0) is 16.2. The zero-order valence-electron chi connectivity index (χ0n) is 13.4. The summed E-state index contributed by atoms with van der Waals surface area (Å²) in [6.07, 6.45) is 2.20. The van der Waals surface area contributed by atoms with Crippen molar-refractivity contribution in [2.45, 2.75) is 19.1 Å². The molecule has 23 heavy (non-hydrogen) atoms. The molecule has 1 aromatic heterocycles. The monoisotopic (exact) mass is 315 g/mol. The van der Waals surface area contributed by atoms with Crippen LogP contribution in [0.25, 0.3) is 0 Å². The van der Waals surface area contributed by atoms with Gasteiger partial charge in [-0.3, -0.25) is 9.48 Å². The lowest BCUT2D eigenvalue weighted by Gasteiger charge is -2.18. The normalized spacial score (nSPS) is 20.4. The summed E-state index contributed by atoms with van der Waals surface area (Å²) in [6.45, 7) is 1.03. The SMILES string of the molecule is COc1ccccc1CNC(=O)[C@@H]1CCO[C@H]1c1ccnn1C. The van der Waals surface area contributed by atoms with Gasteiger partial charge < -0.3 is 14.8 Å². The van der Waals surface area contributed by atoms with E-state index in [1.165, 1.54) is 0 Å². The summed E-state index contributed by atoms with van der Waals surface area (Å²) in [4.78, 5) is 12.6. The molecule has 0 saturated carbocycles. The first-order chi connectivity index (χ1) is 11.2. The topological polar surface area (TPSA) is 65.4 Å². The minimum atomic E-state index is -0.236. The minimum Gasteiger partial charge on any atom is -0.496 e. The number of hydrogen-bond donors (Lipinski definition) is 1. The molecular formula is C17H21N3O3. The van der Waals surface area contributed by atoms with E-state index in [-0.39, 0.29) is 17.9 Å². The average Bonchev–Trinajstić information content (AvgIpc) is 3.21. The number of para-hydroxylation sites is 1. The van der Waals surface area contributed by atoms with Crippen molar-refractivity contribution in [1.29, 1.82) is 0 Å². The maximum Gasteiger partial charge on any atom is 0.226 e. The Morgan fingerprint density at radius 1 is 1.43 bits per heavy atom. The predicted molar refractivity (Wildman–Crippen MR) is 84.8 cm³/mol. The lowest BCUT2D eigenvalue weighted by atomic mass is 9.98. The summed E-state index contributed by atoms with van der Waals surface area (Å²) in [5.41, 5.74) is 1.89. The maximum absolute atomic E-state index is 12.6. The Morgan fingerprint density at radius 3 is 3.00 bits per heavy atom. The highest BCUT2D eigenvalue weighted by Gasteiger charge is 2.36. The molecule has 1 N–H and O–H groups in total. The second-order valence-electron chi connectivity index (χ2n) is 5.60. The number of carbonyl (C=O) groups excluding carboxylic acids is 1. The van der Waals surface area contributed by atoms with E-state index in [2.05, 4.69) is 10.4 Å². The van der Waals surface area contributed by atoms with E-state index in [1.54, 1.807) is 18.0 Å². The second-order valence-corrected chi connectivity index (χ2v) is 5.60. The van der Waals surface area contributed by atoms with Crippen molar-refractivity contribution in [2.24, 2.45) is 13.0 Å². The van der Waals surface area contributed by atoms with Crippen molar-refractivity contribution >= 4 is 5.91 Å². The predicted octanol–water partition coefficient (Wildman–Crippen LogP) is 1.82. The largest absolute Gasteiger partial charge is 0.496 e. The maximum atomic E-state index is 12.6. The van der Waals surface area contributed by atoms with Gasteiger partial charge in [0.05, 0.1) is 18.7 Å². The fourth-order valence-corrected chi connectivity index (χ4v) is 2.98. The number of aromatic nitrogens is 2. The molecule has 1 fully saturated rings. The van der Waals surface area contributed by atoms with Gasteiger partial charge in [-0.2, -0.15) is 5.10 Å². The first-order valence-electron chi connectivity index (χ1n) is 7.70. The molecule has 0 spiro atoms. The van der Waals surface area contributed by atoms with Crippen LogP contribution in [0.2, 0.25) is 0 Å². The summed E-state index contributed by atoms with van der Waals surface area (Å²) in [7, 11) is 3.49. The zero-order valence-corrected chi connectivity index (χ0v) is 13.4. The van der Waals surface area contributed by atoms with Crippen molar-refractivity contribution in [1.82, 2.24) is 15.1 Å². The van der Waals surface area contributed by atoms with E-state index >= 15 is 0 Å². The Bertz CT molecular complexity index is 683. The Morgan fingerprint density at radius 2 is 2.26 bits per heavy atom. The van der Waals surface area contributed by atoms with Crippen LogP contribution in [-0.2, 0) is 23.1 Å². The Kier molecular flexibility index (Phi) is 4.62. The molecular weight excluding hydrogens is 294 g/mol. The quantitative estimate of drug-likeness (QED) is 0.914. The molecule has 6 heteroatoms. The van der Waals surface area contributed by atoms with Gasteiger partial charge in [0.15, 0.2) is 0 Å². The van der Waals surface area contributed by atoms with Crippen LogP contribution in [0, 0.1) is 5.92 Å². The fraction of sp³-hybridized carbons (Fsp3) is 0.412. The third-order valence-corrected chi connectivity index (χ3v) is 4.22. The van der Waals surface area contributed by atoms with Gasteiger partial charge in [0.1, 0.15) is 11.9 Å². The molecule has 1 aliphatic rings. The van der Waals surface area contributed by atoms with E-state index in [0.29, 0.717) is 19.6 Å². The first kappa shape index (κ1) is 15.6. The molecule has 0 aliphatic carbocycles. The number of nitrogens with one attached hydrogen (secondary N) is 1. The van der Waals surface area contributed by atoms with Gasteiger partial charge >= 0.3 is 0 Å². The van der Waals surface area contributed by atoms with Gasteiger partial charge in [0.2, 0.25) is 5.91 Å². The number of rotatable bonds is 5. The number of methoxy groups -OCH3 is 1. The molecule has 122 valence electrons. The van der Waals surface area contributed by atoms with Gasteiger partial charge in [-0.15, -0.1) is 0 Å². The number of hydrogen-bond acceptors (Lipinski definition) is 4.